The molecule has 0 bridgehead atoms. The second-order valence-corrected chi connectivity index (χ2v) is 2.65. The Kier molecular flexibility index (Phi) is 2.11. The van der Waals surface area contributed by atoms with E-state index in [4.69, 9.17) is 10.2 Å². The molecule has 13 heavy (non-hydrogen) atoms. The summed E-state index contributed by atoms with van der Waals surface area (Å²) in [5.74, 6) is -1.32. The molecule has 2 nitrogen and oxygen atoms in total. The van der Waals surface area contributed by atoms with Gasteiger partial charge in [0, 0.05) is 6.07 Å². The van der Waals surface area contributed by atoms with Gasteiger partial charge in [0.15, 0.2) is 0 Å². The van der Waals surface area contributed by atoms with Gasteiger partial charge in [-0.2, -0.15) is 13.2 Å². The summed E-state index contributed by atoms with van der Waals surface area (Å²) in [5.41, 5.74) is -1.06. The van der Waals surface area contributed by atoms with E-state index in [1.165, 1.54) is 6.92 Å². The van der Waals surface area contributed by atoms with Crippen molar-refractivity contribution in [3.8, 4) is 11.5 Å². The first kappa shape index (κ1) is 9.70. The molecule has 0 spiro atoms. The van der Waals surface area contributed by atoms with Gasteiger partial charge in [-0.05, 0) is 18.6 Å². The van der Waals surface area contributed by atoms with E-state index in [1.807, 2.05) is 0 Å². The minimum absolute atomic E-state index is 0.0742. The zero-order valence-corrected chi connectivity index (χ0v) is 6.68. The second-order valence-electron chi connectivity index (χ2n) is 2.65. The number of hydrogen-bond acceptors (Lipinski definition) is 2. The third kappa shape index (κ3) is 1.85. The van der Waals surface area contributed by atoms with Crippen LogP contribution in [0, 0.1) is 6.92 Å². The van der Waals surface area contributed by atoms with Crippen molar-refractivity contribution in [2.45, 2.75) is 13.1 Å². The van der Waals surface area contributed by atoms with Crippen LogP contribution in [-0.2, 0) is 6.18 Å². The maximum atomic E-state index is 12.1. The molecule has 5 heteroatoms. The molecule has 0 unspecified atom stereocenters. The third-order valence-corrected chi connectivity index (χ3v) is 1.62. The highest BCUT2D eigenvalue weighted by molar-refractivity contribution is 5.45. The van der Waals surface area contributed by atoms with Crippen molar-refractivity contribution < 1.29 is 23.4 Å². The Hall–Kier alpha value is -1.39. The van der Waals surface area contributed by atoms with E-state index in [0.717, 1.165) is 0 Å². The van der Waals surface area contributed by atoms with Crippen LogP contribution in [0.5, 0.6) is 11.5 Å². The molecule has 0 atom stereocenters. The highest BCUT2D eigenvalue weighted by Crippen LogP contribution is 2.38. The van der Waals surface area contributed by atoms with Crippen LogP contribution in [0.1, 0.15) is 11.1 Å². The molecule has 0 aromatic heterocycles. The van der Waals surface area contributed by atoms with Gasteiger partial charge in [0.2, 0.25) is 0 Å². The Morgan fingerprint density at radius 2 is 1.62 bits per heavy atom. The Labute approximate surface area is 72.2 Å². The van der Waals surface area contributed by atoms with Crippen LogP contribution >= 0.6 is 0 Å². The number of rotatable bonds is 0. The lowest BCUT2D eigenvalue weighted by molar-refractivity contribution is -0.138. The van der Waals surface area contributed by atoms with Gasteiger partial charge >= 0.3 is 6.18 Å². The maximum Gasteiger partial charge on any atom is 0.419 e. The first-order valence-electron chi connectivity index (χ1n) is 3.42. The minimum atomic E-state index is -4.59. The van der Waals surface area contributed by atoms with E-state index in [1.54, 1.807) is 0 Å². The highest BCUT2D eigenvalue weighted by atomic mass is 19.4. The average Bonchev–Trinajstić information content (AvgIpc) is 1.94. The monoisotopic (exact) mass is 192 g/mol. The Morgan fingerprint density at radius 3 is 2.08 bits per heavy atom. The Bertz CT molecular complexity index is 331. The quantitative estimate of drug-likeness (QED) is 0.662. The molecule has 0 fully saturated rings. The summed E-state index contributed by atoms with van der Waals surface area (Å²) >= 11 is 0. The van der Waals surface area contributed by atoms with Crippen molar-refractivity contribution >= 4 is 0 Å². The van der Waals surface area contributed by atoms with Gasteiger partial charge in [0.05, 0.1) is 5.56 Å². The lowest BCUT2D eigenvalue weighted by Gasteiger charge is -2.10. The summed E-state index contributed by atoms with van der Waals surface area (Å²) in [4.78, 5) is 0. The zero-order valence-electron chi connectivity index (χ0n) is 6.68. The van der Waals surface area contributed by atoms with Crippen LogP contribution in [0.2, 0.25) is 0 Å². The molecule has 0 heterocycles. The fourth-order valence-corrected chi connectivity index (χ4v) is 0.913. The molecule has 1 aromatic rings. The van der Waals surface area contributed by atoms with Crippen LogP contribution in [0.25, 0.3) is 0 Å². The summed E-state index contributed by atoms with van der Waals surface area (Å²) in [5, 5.41) is 17.8. The topological polar surface area (TPSA) is 40.5 Å². The molecule has 1 rings (SSSR count). The fraction of sp³-hybridized carbons (Fsp3) is 0.250. The average molecular weight is 192 g/mol. The van der Waals surface area contributed by atoms with E-state index < -0.39 is 17.5 Å². The van der Waals surface area contributed by atoms with Crippen LogP contribution in [0.3, 0.4) is 0 Å². The predicted octanol–water partition coefficient (Wildman–Crippen LogP) is 2.43. The maximum absolute atomic E-state index is 12.1. The minimum Gasteiger partial charge on any atom is -0.508 e. The van der Waals surface area contributed by atoms with Crippen molar-refractivity contribution in [3.05, 3.63) is 23.3 Å². The molecule has 0 saturated heterocycles. The number of halogens is 3. The molecule has 72 valence electrons. The van der Waals surface area contributed by atoms with Gasteiger partial charge in [-0.3, -0.25) is 0 Å². The SMILES string of the molecule is Cc1cc(C(F)(F)F)c(O)cc1O. The van der Waals surface area contributed by atoms with Gasteiger partial charge in [0.1, 0.15) is 11.5 Å². The van der Waals surface area contributed by atoms with Gasteiger partial charge < -0.3 is 10.2 Å². The van der Waals surface area contributed by atoms with E-state index in [2.05, 4.69) is 0 Å². The van der Waals surface area contributed by atoms with Crippen LogP contribution in [0.15, 0.2) is 12.1 Å². The van der Waals surface area contributed by atoms with Gasteiger partial charge in [0.25, 0.3) is 0 Å². The number of alkyl halides is 3. The molecule has 0 aliphatic carbocycles. The number of aromatic hydroxyl groups is 2. The molecule has 0 radical (unpaired) electrons. The lowest BCUT2D eigenvalue weighted by Crippen LogP contribution is -2.05. The number of aryl methyl sites for hydroxylation is 1. The summed E-state index contributed by atoms with van der Waals surface area (Å²) < 4.78 is 36.4. The number of phenols is 2. The highest BCUT2D eigenvalue weighted by Gasteiger charge is 2.34. The van der Waals surface area contributed by atoms with Crippen molar-refractivity contribution in [3.63, 3.8) is 0 Å². The van der Waals surface area contributed by atoms with Crippen molar-refractivity contribution in [2.24, 2.45) is 0 Å². The van der Waals surface area contributed by atoms with Gasteiger partial charge in [-0.1, -0.05) is 0 Å². The summed E-state index contributed by atoms with van der Waals surface area (Å²) in [6.07, 6.45) is -4.59. The number of hydrogen-bond donors (Lipinski definition) is 2. The van der Waals surface area contributed by atoms with Crippen LogP contribution in [0.4, 0.5) is 13.2 Å². The molecule has 0 amide bonds. The molecular weight excluding hydrogens is 185 g/mol. The van der Waals surface area contributed by atoms with E-state index in [-0.39, 0.29) is 11.3 Å². The first-order valence-corrected chi connectivity index (χ1v) is 3.42. The number of phenolic OH excluding ortho intramolecular Hbond substituents is 2. The molecular formula is C8H7F3O2. The Morgan fingerprint density at radius 1 is 1.08 bits per heavy atom. The Balaban J connectivity index is 3.32. The van der Waals surface area contributed by atoms with E-state index in [0.29, 0.717) is 12.1 Å². The van der Waals surface area contributed by atoms with Crippen molar-refractivity contribution in [2.75, 3.05) is 0 Å². The zero-order chi connectivity index (χ0) is 10.2. The summed E-state index contributed by atoms with van der Waals surface area (Å²) in [6.45, 7) is 1.32. The first-order chi connectivity index (χ1) is 5.82. The largest absolute Gasteiger partial charge is 0.508 e. The smallest absolute Gasteiger partial charge is 0.419 e. The summed E-state index contributed by atoms with van der Waals surface area (Å²) in [6, 6.07) is 1.38. The standard InChI is InChI=1S/C8H7F3O2/c1-4-2-5(8(9,10)11)7(13)3-6(4)12/h2-3,12-13H,1H3. The van der Waals surface area contributed by atoms with Gasteiger partial charge in [-0.25, -0.2) is 0 Å². The molecule has 2 N–H and O–H groups in total. The molecule has 0 aliphatic rings. The van der Waals surface area contributed by atoms with Crippen LogP contribution in [-0.4, -0.2) is 10.2 Å². The van der Waals surface area contributed by atoms with Crippen molar-refractivity contribution in [1.29, 1.82) is 0 Å². The van der Waals surface area contributed by atoms with Crippen molar-refractivity contribution in [1.82, 2.24) is 0 Å². The second kappa shape index (κ2) is 2.83. The van der Waals surface area contributed by atoms with Gasteiger partial charge in [-0.15, -0.1) is 0 Å². The van der Waals surface area contributed by atoms with E-state index in [9.17, 15) is 13.2 Å². The van der Waals surface area contributed by atoms with E-state index >= 15 is 0 Å². The van der Waals surface area contributed by atoms with Crippen LogP contribution < -0.4 is 0 Å². The third-order valence-electron chi connectivity index (χ3n) is 1.62. The number of benzene rings is 1. The molecule has 1 aromatic carbocycles. The summed E-state index contributed by atoms with van der Waals surface area (Å²) in [7, 11) is 0. The molecule has 0 aliphatic heterocycles. The normalized spacial score (nSPS) is 11.7. The lowest BCUT2D eigenvalue weighted by atomic mass is 10.1. The molecule has 0 saturated carbocycles. The predicted molar refractivity (Wildman–Crippen MR) is 39.5 cm³/mol. The fourth-order valence-electron chi connectivity index (χ4n) is 0.913.